The quantitative estimate of drug-likeness (QED) is 0.656. The zero-order valence-electron chi connectivity index (χ0n) is 8.32. The lowest BCUT2D eigenvalue weighted by Gasteiger charge is -2.15. The normalized spacial score (nSPS) is 18.7. The minimum absolute atomic E-state index is 0.204. The molecular weight excluding hydrogens is 192 g/mol. The van der Waals surface area contributed by atoms with Gasteiger partial charge in [0.1, 0.15) is 0 Å². The highest BCUT2D eigenvalue weighted by Crippen LogP contribution is 2.45. The zero-order chi connectivity index (χ0) is 9.76. The van der Waals surface area contributed by atoms with Crippen molar-refractivity contribution in [1.82, 2.24) is 9.78 Å². The molecule has 1 aromatic carbocycles. The maximum atomic E-state index is 4.58. The highest BCUT2D eigenvalue weighted by molar-refractivity contribution is 7.99. The fraction of sp³-hybridized carbons (Fsp3) is 0.364. The van der Waals surface area contributed by atoms with Crippen molar-refractivity contribution >= 4 is 22.7 Å². The standard InChI is InChI=1S/C11H12N2S/c1-11(2)10-8-5-3-4-6-9(8)12-13(10)7-14-11/h3-6H,7H2,1-2H3. The monoisotopic (exact) mass is 204 g/mol. The minimum Gasteiger partial charge on any atom is -0.257 e. The highest BCUT2D eigenvalue weighted by atomic mass is 32.2. The summed E-state index contributed by atoms with van der Waals surface area (Å²) in [5.74, 6) is 0.983. The van der Waals surface area contributed by atoms with Gasteiger partial charge in [-0.2, -0.15) is 5.10 Å². The van der Waals surface area contributed by atoms with Gasteiger partial charge in [-0.1, -0.05) is 18.2 Å². The van der Waals surface area contributed by atoms with Gasteiger partial charge in [-0.25, -0.2) is 0 Å². The first kappa shape index (κ1) is 8.36. The second-order valence-electron chi connectivity index (χ2n) is 4.15. The van der Waals surface area contributed by atoms with Crippen LogP contribution in [0, 0.1) is 0 Å². The minimum atomic E-state index is 0.204. The van der Waals surface area contributed by atoms with E-state index in [1.165, 1.54) is 11.1 Å². The van der Waals surface area contributed by atoms with Crippen LogP contribution in [0.15, 0.2) is 24.3 Å². The Bertz CT molecular complexity index is 499. The predicted octanol–water partition coefficient (Wildman–Crippen LogP) is 2.98. The molecule has 0 fully saturated rings. The van der Waals surface area contributed by atoms with Gasteiger partial charge in [0.2, 0.25) is 0 Å². The molecule has 72 valence electrons. The summed E-state index contributed by atoms with van der Waals surface area (Å²) in [7, 11) is 0. The Morgan fingerprint density at radius 1 is 1.36 bits per heavy atom. The van der Waals surface area contributed by atoms with Crippen LogP contribution in [0.25, 0.3) is 10.9 Å². The van der Waals surface area contributed by atoms with Gasteiger partial charge >= 0.3 is 0 Å². The molecule has 2 heterocycles. The Labute approximate surface area is 87.3 Å². The third-order valence-electron chi connectivity index (χ3n) is 2.76. The van der Waals surface area contributed by atoms with E-state index in [0.29, 0.717) is 0 Å². The molecule has 0 spiro atoms. The van der Waals surface area contributed by atoms with E-state index < -0.39 is 0 Å². The Balaban J connectivity index is 2.41. The summed E-state index contributed by atoms with van der Waals surface area (Å²) in [5.41, 5.74) is 2.49. The fourth-order valence-corrected chi connectivity index (χ4v) is 3.08. The van der Waals surface area contributed by atoms with Crippen LogP contribution in [0.2, 0.25) is 0 Å². The van der Waals surface area contributed by atoms with E-state index >= 15 is 0 Å². The number of benzene rings is 1. The number of fused-ring (bicyclic) bond motifs is 3. The van der Waals surface area contributed by atoms with E-state index in [2.05, 4.69) is 41.8 Å². The van der Waals surface area contributed by atoms with E-state index in [-0.39, 0.29) is 4.75 Å². The molecule has 0 N–H and O–H groups in total. The molecule has 3 rings (SSSR count). The average Bonchev–Trinajstić information content (AvgIpc) is 2.65. The first-order valence-corrected chi connectivity index (χ1v) is 5.77. The van der Waals surface area contributed by atoms with Crippen molar-refractivity contribution in [3.05, 3.63) is 30.0 Å². The van der Waals surface area contributed by atoms with Crippen LogP contribution in [-0.4, -0.2) is 9.78 Å². The molecule has 0 radical (unpaired) electrons. The molecule has 3 heteroatoms. The number of aromatic nitrogens is 2. The van der Waals surface area contributed by atoms with Gasteiger partial charge in [0.05, 0.1) is 21.8 Å². The van der Waals surface area contributed by atoms with Crippen LogP contribution in [0.3, 0.4) is 0 Å². The van der Waals surface area contributed by atoms with Crippen molar-refractivity contribution in [2.24, 2.45) is 0 Å². The van der Waals surface area contributed by atoms with Gasteiger partial charge in [0.15, 0.2) is 0 Å². The molecular formula is C11H12N2S. The van der Waals surface area contributed by atoms with E-state index in [4.69, 9.17) is 0 Å². The lowest BCUT2D eigenvalue weighted by atomic mass is 10.1. The fourth-order valence-electron chi connectivity index (χ4n) is 2.10. The summed E-state index contributed by atoms with van der Waals surface area (Å²) in [6, 6.07) is 8.39. The molecule has 1 aliphatic rings. The van der Waals surface area contributed by atoms with Crippen molar-refractivity contribution in [1.29, 1.82) is 0 Å². The molecule has 0 aliphatic carbocycles. The van der Waals surface area contributed by atoms with Crippen LogP contribution < -0.4 is 0 Å². The number of hydrogen-bond acceptors (Lipinski definition) is 2. The van der Waals surface area contributed by atoms with Crippen molar-refractivity contribution in [3.8, 4) is 0 Å². The third-order valence-corrected chi connectivity index (χ3v) is 4.05. The summed E-state index contributed by atoms with van der Waals surface area (Å²) in [6.07, 6.45) is 0. The molecule has 0 saturated heterocycles. The summed E-state index contributed by atoms with van der Waals surface area (Å²) >= 11 is 1.95. The summed E-state index contributed by atoms with van der Waals surface area (Å²) in [5, 5.41) is 5.89. The van der Waals surface area contributed by atoms with E-state index in [9.17, 15) is 0 Å². The van der Waals surface area contributed by atoms with Crippen LogP contribution >= 0.6 is 11.8 Å². The van der Waals surface area contributed by atoms with Crippen molar-refractivity contribution in [3.63, 3.8) is 0 Å². The molecule has 1 aliphatic heterocycles. The number of nitrogens with zero attached hydrogens (tertiary/aromatic N) is 2. The van der Waals surface area contributed by atoms with Gasteiger partial charge in [-0.15, -0.1) is 11.8 Å². The Morgan fingerprint density at radius 2 is 2.14 bits per heavy atom. The second kappa shape index (κ2) is 2.54. The molecule has 2 aromatic rings. The van der Waals surface area contributed by atoms with Gasteiger partial charge in [0.25, 0.3) is 0 Å². The van der Waals surface area contributed by atoms with E-state index in [0.717, 1.165) is 11.4 Å². The Hall–Kier alpha value is -0.960. The van der Waals surface area contributed by atoms with Gasteiger partial charge in [-0.3, -0.25) is 4.68 Å². The van der Waals surface area contributed by atoms with Crippen molar-refractivity contribution < 1.29 is 0 Å². The van der Waals surface area contributed by atoms with Crippen LogP contribution in [0.1, 0.15) is 19.5 Å². The van der Waals surface area contributed by atoms with Gasteiger partial charge < -0.3 is 0 Å². The molecule has 0 bridgehead atoms. The number of hydrogen-bond donors (Lipinski definition) is 0. The molecule has 0 atom stereocenters. The van der Waals surface area contributed by atoms with Gasteiger partial charge in [0, 0.05) is 5.39 Å². The molecule has 1 aromatic heterocycles. The maximum Gasteiger partial charge on any atom is 0.0927 e. The van der Waals surface area contributed by atoms with Crippen LogP contribution in [-0.2, 0) is 10.6 Å². The second-order valence-corrected chi connectivity index (χ2v) is 5.72. The molecule has 0 amide bonds. The Morgan fingerprint density at radius 3 is 3.00 bits per heavy atom. The molecule has 14 heavy (non-hydrogen) atoms. The SMILES string of the molecule is CC1(C)SCn2nc3ccccc3c21. The summed E-state index contributed by atoms with van der Waals surface area (Å²) in [4.78, 5) is 0. The Kier molecular flexibility index (Phi) is 1.52. The predicted molar refractivity (Wildman–Crippen MR) is 60.4 cm³/mol. The largest absolute Gasteiger partial charge is 0.257 e. The number of rotatable bonds is 0. The first-order chi connectivity index (χ1) is 6.68. The van der Waals surface area contributed by atoms with Crippen LogP contribution in [0.4, 0.5) is 0 Å². The molecule has 2 nitrogen and oxygen atoms in total. The lowest BCUT2D eigenvalue weighted by Crippen LogP contribution is -2.08. The van der Waals surface area contributed by atoms with E-state index in [1.807, 2.05) is 17.8 Å². The third kappa shape index (κ3) is 0.960. The maximum absolute atomic E-state index is 4.58. The topological polar surface area (TPSA) is 17.8 Å². The highest BCUT2D eigenvalue weighted by Gasteiger charge is 2.33. The van der Waals surface area contributed by atoms with Gasteiger partial charge in [-0.05, 0) is 19.9 Å². The summed E-state index contributed by atoms with van der Waals surface area (Å²) in [6.45, 7) is 4.54. The average molecular weight is 204 g/mol. The summed E-state index contributed by atoms with van der Waals surface area (Å²) < 4.78 is 2.34. The lowest BCUT2D eigenvalue weighted by molar-refractivity contribution is 0.682. The van der Waals surface area contributed by atoms with Crippen molar-refractivity contribution in [2.75, 3.05) is 0 Å². The van der Waals surface area contributed by atoms with Crippen molar-refractivity contribution in [2.45, 2.75) is 24.5 Å². The first-order valence-electron chi connectivity index (χ1n) is 4.78. The molecule has 0 saturated carbocycles. The number of thioether (sulfide) groups is 1. The van der Waals surface area contributed by atoms with Crippen LogP contribution in [0.5, 0.6) is 0 Å². The zero-order valence-corrected chi connectivity index (χ0v) is 9.14. The molecule has 0 unspecified atom stereocenters. The van der Waals surface area contributed by atoms with E-state index in [1.54, 1.807) is 0 Å². The smallest absolute Gasteiger partial charge is 0.0927 e.